The number of halogens is 2. The molecule has 3 aromatic carbocycles. The fraction of sp³-hybridized carbons (Fsp3) is 0.0909. The minimum atomic E-state index is -0.487. The fourth-order valence-electron chi connectivity index (χ4n) is 2.81. The smallest absolute Gasteiger partial charge is 0.256 e. The Morgan fingerprint density at radius 2 is 1.10 bits per heavy atom. The molecule has 0 aromatic heterocycles. The molecular formula is C22H18Cl2N2O4. The topological polar surface area (TPSA) is 76.7 Å². The van der Waals surface area contributed by atoms with Crippen LogP contribution in [0.25, 0.3) is 0 Å². The van der Waals surface area contributed by atoms with Crippen LogP contribution in [0.4, 0.5) is 11.4 Å². The van der Waals surface area contributed by atoms with Gasteiger partial charge in [0, 0.05) is 10.0 Å². The van der Waals surface area contributed by atoms with Gasteiger partial charge in [0.2, 0.25) is 0 Å². The summed E-state index contributed by atoms with van der Waals surface area (Å²) in [4.78, 5) is 25.8. The summed E-state index contributed by atoms with van der Waals surface area (Å²) < 4.78 is 10.5. The van der Waals surface area contributed by atoms with E-state index in [2.05, 4.69) is 10.6 Å². The Hall–Kier alpha value is -3.22. The Bertz CT molecular complexity index is 1020. The first-order chi connectivity index (χ1) is 14.4. The van der Waals surface area contributed by atoms with Crippen LogP contribution in [-0.2, 0) is 0 Å². The zero-order chi connectivity index (χ0) is 21.7. The van der Waals surface area contributed by atoms with Crippen molar-refractivity contribution in [1.29, 1.82) is 0 Å². The van der Waals surface area contributed by atoms with Crippen molar-refractivity contribution in [2.24, 2.45) is 0 Å². The van der Waals surface area contributed by atoms with Crippen LogP contribution in [0.1, 0.15) is 20.7 Å². The minimum Gasteiger partial charge on any atom is -0.495 e. The van der Waals surface area contributed by atoms with Gasteiger partial charge in [-0.25, -0.2) is 0 Å². The highest BCUT2D eigenvalue weighted by Gasteiger charge is 2.19. The maximum atomic E-state index is 12.9. The zero-order valence-corrected chi connectivity index (χ0v) is 17.7. The van der Waals surface area contributed by atoms with Crippen molar-refractivity contribution >= 4 is 46.4 Å². The Kier molecular flexibility index (Phi) is 6.82. The highest BCUT2D eigenvalue weighted by molar-refractivity contribution is 6.31. The van der Waals surface area contributed by atoms with Crippen molar-refractivity contribution in [3.8, 4) is 11.5 Å². The summed E-state index contributed by atoms with van der Waals surface area (Å²) >= 11 is 12.0. The van der Waals surface area contributed by atoms with Crippen LogP contribution >= 0.6 is 23.2 Å². The van der Waals surface area contributed by atoms with Crippen molar-refractivity contribution in [3.05, 3.63) is 81.8 Å². The molecule has 0 saturated carbocycles. The summed E-state index contributed by atoms with van der Waals surface area (Å²) in [6.07, 6.45) is 0. The lowest BCUT2D eigenvalue weighted by atomic mass is 10.1. The van der Waals surface area contributed by atoms with Gasteiger partial charge in [0.05, 0.1) is 36.7 Å². The SMILES string of the molecule is COc1ccc(Cl)cc1NC(=O)c1ccccc1C(=O)Nc1cc(Cl)ccc1OC. The largest absolute Gasteiger partial charge is 0.495 e. The first kappa shape index (κ1) is 21.5. The number of hydrogen-bond donors (Lipinski definition) is 2. The summed E-state index contributed by atoms with van der Waals surface area (Å²) in [7, 11) is 2.97. The molecule has 3 aromatic rings. The quantitative estimate of drug-likeness (QED) is 0.524. The van der Waals surface area contributed by atoms with Crippen molar-refractivity contribution < 1.29 is 19.1 Å². The summed E-state index contributed by atoms with van der Waals surface area (Å²) in [6, 6.07) is 16.2. The molecule has 2 amide bonds. The molecule has 30 heavy (non-hydrogen) atoms. The number of methoxy groups -OCH3 is 2. The third-order valence-corrected chi connectivity index (χ3v) is 4.71. The van der Waals surface area contributed by atoms with Gasteiger partial charge >= 0.3 is 0 Å². The van der Waals surface area contributed by atoms with Crippen molar-refractivity contribution in [2.45, 2.75) is 0 Å². The molecule has 0 saturated heterocycles. The highest BCUT2D eigenvalue weighted by atomic mass is 35.5. The molecule has 0 atom stereocenters. The van der Waals surface area contributed by atoms with Gasteiger partial charge in [-0.1, -0.05) is 35.3 Å². The second-order valence-corrected chi connectivity index (χ2v) is 7.02. The maximum Gasteiger partial charge on any atom is 0.256 e. The average Bonchev–Trinajstić information content (AvgIpc) is 2.74. The standard InChI is InChI=1S/C22H18Cl2N2O4/c1-29-19-9-7-13(23)11-17(19)25-21(27)15-5-3-4-6-16(15)22(28)26-18-12-14(24)8-10-20(18)30-2/h3-12H,1-2H3,(H,25,27)(H,26,28). The number of amides is 2. The number of ether oxygens (including phenoxy) is 2. The number of hydrogen-bond acceptors (Lipinski definition) is 4. The molecule has 3 rings (SSSR count). The molecule has 0 bridgehead atoms. The third-order valence-electron chi connectivity index (χ3n) is 4.24. The van der Waals surface area contributed by atoms with E-state index in [4.69, 9.17) is 32.7 Å². The van der Waals surface area contributed by atoms with Gasteiger partial charge in [0.15, 0.2) is 0 Å². The summed E-state index contributed by atoms with van der Waals surface area (Å²) in [5.74, 6) is -0.0876. The van der Waals surface area contributed by atoms with E-state index in [0.29, 0.717) is 32.9 Å². The molecular weight excluding hydrogens is 427 g/mol. The molecule has 0 heterocycles. The molecule has 0 aliphatic carbocycles. The van der Waals surface area contributed by atoms with Crippen LogP contribution in [0, 0.1) is 0 Å². The molecule has 6 nitrogen and oxygen atoms in total. The number of carbonyl (C=O) groups excluding carboxylic acids is 2. The normalized spacial score (nSPS) is 10.3. The molecule has 0 unspecified atom stereocenters. The molecule has 0 radical (unpaired) electrons. The monoisotopic (exact) mass is 444 g/mol. The molecule has 154 valence electrons. The zero-order valence-electron chi connectivity index (χ0n) is 16.2. The van der Waals surface area contributed by atoms with Crippen molar-refractivity contribution in [1.82, 2.24) is 0 Å². The Morgan fingerprint density at radius 1 is 0.700 bits per heavy atom. The van der Waals surface area contributed by atoms with Crippen LogP contribution in [0.3, 0.4) is 0 Å². The van der Waals surface area contributed by atoms with Gasteiger partial charge in [-0.05, 0) is 48.5 Å². The van der Waals surface area contributed by atoms with E-state index in [1.54, 1.807) is 60.7 Å². The molecule has 2 N–H and O–H groups in total. The van der Waals surface area contributed by atoms with Crippen molar-refractivity contribution in [3.63, 3.8) is 0 Å². The highest BCUT2D eigenvalue weighted by Crippen LogP contribution is 2.30. The number of nitrogens with one attached hydrogen (secondary N) is 2. The number of anilines is 2. The Morgan fingerprint density at radius 3 is 1.47 bits per heavy atom. The van der Waals surface area contributed by atoms with E-state index >= 15 is 0 Å². The first-order valence-corrected chi connectivity index (χ1v) is 9.57. The van der Waals surface area contributed by atoms with Gasteiger partial charge in [-0.3, -0.25) is 9.59 Å². The van der Waals surface area contributed by atoms with Gasteiger partial charge in [0.1, 0.15) is 11.5 Å². The van der Waals surface area contributed by atoms with E-state index in [1.165, 1.54) is 14.2 Å². The van der Waals surface area contributed by atoms with E-state index in [0.717, 1.165) is 0 Å². The third kappa shape index (κ3) is 4.84. The Labute approximate surface area is 183 Å². The molecule has 8 heteroatoms. The number of rotatable bonds is 6. The van der Waals surface area contributed by atoms with Crippen molar-refractivity contribution in [2.75, 3.05) is 24.9 Å². The minimum absolute atomic E-state index is 0.179. The second-order valence-electron chi connectivity index (χ2n) is 6.14. The van der Waals surface area contributed by atoms with Gasteiger partial charge in [-0.2, -0.15) is 0 Å². The Balaban J connectivity index is 1.89. The summed E-state index contributed by atoms with van der Waals surface area (Å²) in [6.45, 7) is 0. The van der Waals surface area contributed by atoms with E-state index in [1.807, 2.05) is 0 Å². The first-order valence-electron chi connectivity index (χ1n) is 8.81. The van der Waals surface area contributed by atoms with Crippen LogP contribution < -0.4 is 20.1 Å². The predicted octanol–water partition coefficient (Wildman–Crippen LogP) is 5.52. The molecule has 0 spiro atoms. The van der Waals surface area contributed by atoms with Crippen LogP contribution in [-0.4, -0.2) is 26.0 Å². The second kappa shape index (κ2) is 9.52. The molecule has 0 aliphatic heterocycles. The van der Waals surface area contributed by atoms with E-state index in [-0.39, 0.29) is 11.1 Å². The molecule has 0 aliphatic rings. The number of carbonyl (C=O) groups is 2. The van der Waals surface area contributed by atoms with Gasteiger partial charge < -0.3 is 20.1 Å². The average molecular weight is 445 g/mol. The lowest BCUT2D eigenvalue weighted by Crippen LogP contribution is -2.20. The fourth-order valence-corrected chi connectivity index (χ4v) is 3.16. The summed E-state index contributed by atoms with van der Waals surface area (Å²) in [5, 5.41) is 6.34. The summed E-state index contributed by atoms with van der Waals surface area (Å²) in [5.41, 5.74) is 1.14. The predicted molar refractivity (Wildman–Crippen MR) is 118 cm³/mol. The van der Waals surface area contributed by atoms with Crippen LogP contribution in [0.2, 0.25) is 10.0 Å². The van der Waals surface area contributed by atoms with Gasteiger partial charge in [-0.15, -0.1) is 0 Å². The van der Waals surface area contributed by atoms with E-state index < -0.39 is 11.8 Å². The van der Waals surface area contributed by atoms with E-state index in [9.17, 15) is 9.59 Å². The van der Waals surface area contributed by atoms with Crippen LogP contribution in [0.15, 0.2) is 60.7 Å². The lowest BCUT2D eigenvalue weighted by molar-refractivity contribution is 0.0990. The molecule has 0 fully saturated rings. The lowest BCUT2D eigenvalue weighted by Gasteiger charge is -2.14. The van der Waals surface area contributed by atoms with Crippen LogP contribution in [0.5, 0.6) is 11.5 Å². The number of benzene rings is 3. The van der Waals surface area contributed by atoms with Gasteiger partial charge in [0.25, 0.3) is 11.8 Å². The maximum absolute atomic E-state index is 12.9.